The van der Waals surface area contributed by atoms with E-state index in [9.17, 15) is 0 Å². The number of benzene rings is 1. The molecule has 3 N–H and O–H groups in total. The summed E-state index contributed by atoms with van der Waals surface area (Å²) in [5.41, 5.74) is 9.75. The van der Waals surface area contributed by atoms with Gasteiger partial charge in [-0.2, -0.15) is 5.48 Å². The van der Waals surface area contributed by atoms with Crippen LogP contribution in [0.2, 0.25) is 0 Å². The van der Waals surface area contributed by atoms with Gasteiger partial charge in [0.2, 0.25) is 0 Å². The molecule has 2 atom stereocenters. The molecule has 0 saturated carbocycles. The van der Waals surface area contributed by atoms with Crippen LogP contribution in [0.3, 0.4) is 0 Å². The molecular formula is C9H12N2O. The van der Waals surface area contributed by atoms with Crippen molar-refractivity contribution >= 4 is 0 Å². The van der Waals surface area contributed by atoms with E-state index >= 15 is 0 Å². The molecule has 0 unspecified atom stereocenters. The Morgan fingerprint density at radius 1 is 1.33 bits per heavy atom. The Morgan fingerprint density at radius 2 is 2.08 bits per heavy atom. The van der Waals surface area contributed by atoms with Crippen molar-refractivity contribution in [1.82, 2.24) is 5.48 Å². The maximum Gasteiger partial charge on any atom is 0.135 e. The van der Waals surface area contributed by atoms with E-state index in [2.05, 4.69) is 17.6 Å². The second-order valence-corrected chi connectivity index (χ2v) is 2.95. The first-order valence-corrected chi connectivity index (χ1v) is 4.07. The molecule has 0 bridgehead atoms. The number of nitrogens with two attached hydrogens (primary N) is 1. The van der Waals surface area contributed by atoms with E-state index < -0.39 is 0 Å². The summed E-state index contributed by atoms with van der Waals surface area (Å²) in [6, 6.07) is 10.2. The van der Waals surface area contributed by atoms with Gasteiger partial charge in [0.05, 0.1) is 0 Å². The fourth-order valence-electron chi connectivity index (χ4n) is 1.44. The summed E-state index contributed by atoms with van der Waals surface area (Å²) in [7, 11) is 0. The molecule has 0 amide bonds. The van der Waals surface area contributed by atoms with E-state index in [0.717, 1.165) is 6.54 Å². The molecule has 3 heteroatoms. The highest BCUT2D eigenvalue weighted by atomic mass is 16.7. The molecule has 3 nitrogen and oxygen atoms in total. The minimum Gasteiger partial charge on any atom is -0.304 e. The number of hydrogen-bond acceptors (Lipinski definition) is 3. The first-order chi connectivity index (χ1) is 5.88. The fraction of sp³-hybridized carbons (Fsp3) is 0.333. The van der Waals surface area contributed by atoms with Crippen LogP contribution in [0, 0.1) is 0 Å². The van der Waals surface area contributed by atoms with Crippen LogP contribution in [0.1, 0.15) is 11.5 Å². The average Bonchev–Trinajstić information content (AvgIpc) is 2.53. The summed E-state index contributed by atoms with van der Waals surface area (Å²) in [5.74, 6) is 0.284. The Labute approximate surface area is 71.5 Å². The van der Waals surface area contributed by atoms with Crippen LogP contribution < -0.4 is 11.2 Å². The van der Waals surface area contributed by atoms with Crippen LogP contribution in [0.5, 0.6) is 0 Å². The molecule has 12 heavy (non-hydrogen) atoms. The van der Waals surface area contributed by atoms with Gasteiger partial charge in [-0.1, -0.05) is 30.3 Å². The third-order valence-electron chi connectivity index (χ3n) is 2.15. The number of rotatable bonds is 1. The van der Waals surface area contributed by atoms with Crippen molar-refractivity contribution in [1.29, 1.82) is 0 Å². The molecule has 1 saturated heterocycles. The normalized spacial score (nSPS) is 29.1. The van der Waals surface area contributed by atoms with Crippen LogP contribution in [0.25, 0.3) is 0 Å². The minimum atomic E-state index is -0.215. The Bertz CT molecular complexity index is 250. The maximum absolute atomic E-state index is 5.73. The zero-order valence-electron chi connectivity index (χ0n) is 6.73. The molecular weight excluding hydrogens is 152 g/mol. The molecule has 1 aromatic carbocycles. The van der Waals surface area contributed by atoms with Crippen molar-refractivity contribution in [2.24, 2.45) is 5.73 Å². The van der Waals surface area contributed by atoms with E-state index in [4.69, 9.17) is 10.6 Å². The van der Waals surface area contributed by atoms with E-state index in [1.54, 1.807) is 0 Å². The molecule has 1 fully saturated rings. The van der Waals surface area contributed by atoms with Crippen molar-refractivity contribution in [3.63, 3.8) is 0 Å². The predicted molar refractivity (Wildman–Crippen MR) is 46.2 cm³/mol. The second-order valence-electron chi connectivity index (χ2n) is 2.95. The van der Waals surface area contributed by atoms with Crippen LogP contribution in [0.4, 0.5) is 0 Å². The highest BCUT2D eigenvalue weighted by molar-refractivity contribution is 5.21. The van der Waals surface area contributed by atoms with Crippen LogP contribution in [0.15, 0.2) is 30.3 Å². The lowest BCUT2D eigenvalue weighted by atomic mass is 9.99. The first kappa shape index (κ1) is 7.73. The molecule has 1 aromatic rings. The molecule has 1 aliphatic rings. The highest BCUT2D eigenvalue weighted by Gasteiger charge is 2.25. The first-order valence-electron chi connectivity index (χ1n) is 4.07. The SMILES string of the molecule is N[C@H]1ONC[C@@H]1c1ccccc1. The summed E-state index contributed by atoms with van der Waals surface area (Å²) < 4.78 is 0. The van der Waals surface area contributed by atoms with Crippen LogP contribution in [-0.2, 0) is 4.84 Å². The van der Waals surface area contributed by atoms with Crippen molar-refractivity contribution in [3.05, 3.63) is 35.9 Å². The van der Waals surface area contributed by atoms with Crippen LogP contribution >= 0.6 is 0 Å². The Morgan fingerprint density at radius 3 is 2.67 bits per heavy atom. The summed E-state index contributed by atoms with van der Waals surface area (Å²) in [5, 5.41) is 0. The lowest BCUT2D eigenvalue weighted by Gasteiger charge is -2.11. The van der Waals surface area contributed by atoms with E-state index in [1.807, 2.05) is 18.2 Å². The summed E-state index contributed by atoms with van der Waals surface area (Å²) in [6.07, 6.45) is -0.215. The molecule has 0 aliphatic carbocycles. The minimum absolute atomic E-state index is 0.215. The average molecular weight is 164 g/mol. The molecule has 2 rings (SSSR count). The van der Waals surface area contributed by atoms with Crippen LogP contribution in [-0.4, -0.2) is 12.8 Å². The molecule has 0 spiro atoms. The summed E-state index contributed by atoms with van der Waals surface area (Å²) in [4.78, 5) is 5.05. The number of hydrogen-bond donors (Lipinski definition) is 2. The van der Waals surface area contributed by atoms with Gasteiger partial charge in [-0.15, -0.1) is 0 Å². The van der Waals surface area contributed by atoms with Crippen molar-refractivity contribution < 1.29 is 4.84 Å². The zero-order valence-corrected chi connectivity index (χ0v) is 6.73. The van der Waals surface area contributed by atoms with Gasteiger partial charge in [0, 0.05) is 12.5 Å². The van der Waals surface area contributed by atoms with Gasteiger partial charge < -0.3 is 5.73 Å². The van der Waals surface area contributed by atoms with Crippen molar-refractivity contribution in [3.8, 4) is 0 Å². The smallest absolute Gasteiger partial charge is 0.135 e. The lowest BCUT2D eigenvalue weighted by Crippen LogP contribution is -2.25. The Balaban J connectivity index is 2.19. The van der Waals surface area contributed by atoms with Gasteiger partial charge >= 0.3 is 0 Å². The largest absolute Gasteiger partial charge is 0.304 e. The summed E-state index contributed by atoms with van der Waals surface area (Å²) in [6.45, 7) is 0.797. The molecule has 64 valence electrons. The third-order valence-corrected chi connectivity index (χ3v) is 2.15. The molecule has 1 heterocycles. The Hall–Kier alpha value is -0.900. The second kappa shape index (κ2) is 3.23. The van der Waals surface area contributed by atoms with Gasteiger partial charge in [-0.25, -0.2) is 0 Å². The van der Waals surface area contributed by atoms with Gasteiger partial charge in [-0.3, -0.25) is 4.84 Å². The number of nitrogens with one attached hydrogen (secondary N) is 1. The van der Waals surface area contributed by atoms with Gasteiger partial charge in [0.1, 0.15) is 6.23 Å². The van der Waals surface area contributed by atoms with Crippen molar-refractivity contribution in [2.75, 3.05) is 6.54 Å². The maximum atomic E-state index is 5.73. The highest BCUT2D eigenvalue weighted by Crippen LogP contribution is 2.21. The van der Waals surface area contributed by atoms with Gasteiger partial charge in [-0.05, 0) is 5.56 Å². The Kier molecular flexibility index (Phi) is 2.08. The molecule has 0 radical (unpaired) electrons. The monoisotopic (exact) mass is 164 g/mol. The van der Waals surface area contributed by atoms with Gasteiger partial charge in [0.15, 0.2) is 0 Å². The van der Waals surface area contributed by atoms with E-state index in [1.165, 1.54) is 5.56 Å². The fourth-order valence-corrected chi connectivity index (χ4v) is 1.44. The van der Waals surface area contributed by atoms with Crippen molar-refractivity contribution in [2.45, 2.75) is 12.1 Å². The van der Waals surface area contributed by atoms with E-state index in [0.29, 0.717) is 0 Å². The summed E-state index contributed by atoms with van der Waals surface area (Å²) >= 11 is 0. The van der Waals surface area contributed by atoms with E-state index in [-0.39, 0.29) is 12.1 Å². The third kappa shape index (κ3) is 1.34. The standard InChI is InChI=1S/C9H12N2O/c10-9-8(6-11-12-9)7-4-2-1-3-5-7/h1-5,8-9,11H,6,10H2/t8-,9+/m1/s1. The quantitative estimate of drug-likeness (QED) is 0.638. The predicted octanol–water partition coefficient (Wildman–Crippen LogP) is 0.590. The lowest BCUT2D eigenvalue weighted by molar-refractivity contribution is 0.0343. The zero-order chi connectivity index (χ0) is 8.39. The number of hydroxylamine groups is 1. The topological polar surface area (TPSA) is 47.3 Å². The molecule has 0 aromatic heterocycles. The molecule has 1 aliphatic heterocycles. The van der Waals surface area contributed by atoms with Gasteiger partial charge in [0.25, 0.3) is 0 Å².